The molecule has 0 aromatic heterocycles. The van der Waals surface area contributed by atoms with Crippen LogP contribution < -0.4 is 15.2 Å². The van der Waals surface area contributed by atoms with Gasteiger partial charge in [-0.15, -0.1) is 0 Å². The summed E-state index contributed by atoms with van der Waals surface area (Å²) in [5, 5.41) is 0. The number of alkyl halides is 2. The molecule has 1 fully saturated rings. The van der Waals surface area contributed by atoms with Crippen molar-refractivity contribution < 1.29 is 32.5 Å². The predicted molar refractivity (Wildman–Crippen MR) is 106 cm³/mol. The number of hydrogen-bond donors (Lipinski definition) is 1. The van der Waals surface area contributed by atoms with E-state index in [-0.39, 0.29) is 23.0 Å². The minimum Gasteiger partial charge on any atom is -0.491 e. The van der Waals surface area contributed by atoms with Crippen LogP contribution in [0, 0.1) is 0 Å². The van der Waals surface area contributed by atoms with Gasteiger partial charge < -0.3 is 24.7 Å². The Bertz CT molecular complexity index is 846. The Hall–Kier alpha value is -2.71. The van der Waals surface area contributed by atoms with E-state index in [2.05, 4.69) is 0 Å². The third-order valence-electron chi connectivity index (χ3n) is 4.66. The molecular formula is C22H25F2NO5. The Morgan fingerprint density at radius 2 is 1.77 bits per heavy atom. The first-order valence-electron chi connectivity index (χ1n) is 9.75. The zero-order chi connectivity index (χ0) is 21.6. The van der Waals surface area contributed by atoms with Gasteiger partial charge in [0.1, 0.15) is 23.9 Å². The van der Waals surface area contributed by atoms with E-state index in [1.807, 2.05) is 0 Å². The second-order valence-electron chi connectivity index (χ2n) is 7.07. The van der Waals surface area contributed by atoms with E-state index >= 15 is 0 Å². The molecule has 0 saturated carbocycles. The van der Waals surface area contributed by atoms with Crippen LogP contribution in [-0.4, -0.2) is 38.4 Å². The second kappa shape index (κ2) is 9.86. The van der Waals surface area contributed by atoms with Gasteiger partial charge in [-0.3, -0.25) is 4.79 Å². The fourth-order valence-electron chi connectivity index (χ4n) is 3.07. The highest BCUT2D eigenvalue weighted by molar-refractivity contribution is 5.93. The largest absolute Gasteiger partial charge is 0.491 e. The van der Waals surface area contributed by atoms with Crippen molar-refractivity contribution in [1.29, 1.82) is 0 Å². The van der Waals surface area contributed by atoms with Gasteiger partial charge >= 0.3 is 0 Å². The Balaban J connectivity index is 1.58. The molecule has 0 unspecified atom stereocenters. The molecule has 162 valence electrons. The molecule has 0 aliphatic carbocycles. The van der Waals surface area contributed by atoms with Crippen molar-refractivity contribution >= 4 is 5.91 Å². The molecule has 30 heavy (non-hydrogen) atoms. The highest BCUT2D eigenvalue weighted by Gasteiger charge is 2.29. The standard InChI is InChI=1S/C22H25F2NO5/c1-22(23,24)19-7-2-15(21(25)26)14-20(19)30-18-5-3-16(4-6-18)28-12-13-29-17-8-10-27-11-9-17/h2-7,14,17H,8-13H2,1H3,(H2,25,26). The van der Waals surface area contributed by atoms with Crippen molar-refractivity contribution in [3.05, 3.63) is 53.6 Å². The number of hydrogen-bond acceptors (Lipinski definition) is 5. The van der Waals surface area contributed by atoms with Gasteiger partial charge in [-0.25, -0.2) is 8.78 Å². The zero-order valence-electron chi connectivity index (χ0n) is 16.7. The molecule has 1 amide bonds. The van der Waals surface area contributed by atoms with Crippen LogP contribution in [0.5, 0.6) is 17.2 Å². The van der Waals surface area contributed by atoms with Crippen LogP contribution in [0.3, 0.4) is 0 Å². The lowest BCUT2D eigenvalue weighted by Crippen LogP contribution is -2.25. The summed E-state index contributed by atoms with van der Waals surface area (Å²) in [7, 11) is 0. The van der Waals surface area contributed by atoms with E-state index in [1.54, 1.807) is 24.3 Å². The van der Waals surface area contributed by atoms with Crippen molar-refractivity contribution in [3.63, 3.8) is 0 Å². The number of primary amides is 1. The van der Waals surface area contributed by atoms with Crippen LogP contribution in [0.2, 0.25) is 0 Å². The number of ether oxygens (including phenoxy) is 4. The fraction of sp³-hybridized carbons (Fsp3) is 0.409. The van der Waals surface area contributed by atoms with Crippen molar-refractivity contribution in [2.75, 3.05) is 26.4 Å². The highest BCUT2D eigenvalue weighted by Crippen LogP contribution is 2.37. The van der Waals surface area contributed by atoms with Gasteiger partial charge in [0.25, 0.3) is 5.92 Å². The minimum atomic E-state index is -3.14. The van der Waals surface area contributed by atoms with Gasteiger partial charge in [0.2, 0.25) is 5.91 Å². The molecule has 1 aliphatic heterocycles. The maximum absolute atomic E-state index is 13.9. The average molecular weight is 421 g/mol. The summed E-state index contributed by atoms with van der Waals surface area (Å²) in [5.41, 5.74) is 5.00. The van der Waals surface area contributed by atoms with Crippen LogP contribution in [0.15, 0.2) is 42.5 Å². The Kier molecular flexibility index (Phi) is 7.23. The molecule has 0 atom stereocenters. The van der Waals surface area contributed by atoms with Crippen molar-refractivity contribution in [2.45, 2.75) is 31.8 Å². The van der Waals surface area contributed by atoms with Crippen LogP contribution in [0.1, 0.15) is 35.7 Å². The average Bonchev–Trinajstić information content (AvgIpc) is 2.72. The first-order chi connectivity index (χ1) is 14.3. The molecule has 1 aliphatic rings. The Labute approximate surface area is 173 Å². The smallest absolute Gasteiger partial charge is 0.274 e. The molecule has 6 nitrogen and oxygen atoms in total. The quantitative estimate of drug-likeness (QED) is 0.612. The van der Waals surface area contributed by atoms with E-state index in [1.165, 1.54) is 12.1 Å². The van der Waals surface area contributed by atoms with Gasteiger partial charge in [-0.1, -0.05) is 0 Å². The molecule has 2 aromatic rings. The Morgan fingerprint density at radius 1 is 1.10 bits per heavy atom. The van der Waals surface area contributed by atoms with E-state index < -0.39 is 11.8 Å². The van der Waals surface area contributed by atoms with E-state index in [0.29, 0.717) is 24.7 Å². The molecule has 1 heterocycles. The first kappa shape index (κ1) is 22.0. The monoisotopic (exact) mass is 421 g/mol. The van der Waals surface area contributed by atoms with Crippen LogP contribution in [0.4, 0.5) is 8.78 Å². The van der Waals surface area contributed by atoms with Crippen molar-refractivity contribution in [2.24, 2.45) is 5.73 Å². The van der Waals surface area contributed by atoms with Crippen LogP contribution >= 0.6 is 0 Å². The first-order valence-corrected chi connectivity index (χ1v) is 9.75. The summed E-state index contributed by atoms with van der Waals surface area (Å²) in [6.45, 7) is 3.07. The maximum Gasteiger partial charge on any atom is 0.274 e. The SMILES string of the molecule is CC(F)(F)c1ccc(C(N)=O)cc1Oc1ccc(OCCOC2CCOCC2)cc1. The molecule has 0 bridgehead atoms. The number of benzene rings is 2. The summed E-state index contributed by atoms with van der Waals surface area (Å²) in [5.74, 6) is -3.06. The lowest BCUT2D eigenvalue weighted by molar-refractivity contribution is -0.0388. The number of carbonyl (C=O) groups excluding carboxylic acids is 1. The second-order valence-corrected chi connectivity index (χ2v) is 7.07. The molecule has 0 spiro atoms. The third kappa shape index (κ3) is 6.14. The summed E-state index contributed by atoms with van der Waals surface area (Å²) < 4.78 is 50.0. The number of amides is 1. The molecule has 2 aromatic carbocycles. The van der Waals surface area contributed by atoms with Gasteiger partial charge in [0.05, 0.1) is 18.3 Å². The minimum absolute atomic E-state index is 0.0856. The Morgan fingerprint density at radius 3 is 2.40 bits per heavy atom. The molecule has 0 radical (unpaired) electrons. The summed E-state index contributed by atoms with van der Waals surface area (Å²) in [6, 6.07) is 10.2. The summed E-state index contributed by atoms with van der Waals surface area (Å²) in [6.07, 6.45) is 1.99. The molecule has 3 rings (SSSR count). The van der Waals surface area contributed by atoms with Crippen molar-refractivity contribution in [3.8, 4) is 17.2 Å². The maximum atomic E-state index is 13.9. The highest BCUT2D eigenvalue weighted by atomic mass is 19.3. The van der Waals surface area contributed by atoms with E-state index in [0.717, 1.165) is 39.0 Å². The van der Waals surface area contributed by atoms with Gasteiger partial charge in [0.15, 0.2) is 0 Å². The summed E-state index contributed by atoms with van der Waals surface area (Å²) >= 11 is 0. The number of rotatable bonds is 9. The fourth-order valence-corrected chi connectivity index (χ4v) is 3.07. The molecular weight excluding hydrogens is 396 g/mol. The number of nitrogens with two attached hydrogens (primary N) is 1. The predicted octanol–water partition coefficient (Wildman–Crippen LogP) is 4.26. The van der Waals surface area contributed by atoms with Crippen LogP contribution in [-0.2, 0) is 15.4 Å². The van der Waals surface area contributed by atoms with Gasteiger partial charge in [-0.05, 0) is 55.3 Å². The molecule has 1 saturated heterocycles. The zero-order valence-corrected chi connectivity index (χ0v) is 16.7. The van der Waals surface area contributed by atoms with E-state index in [4.69, 9.17) is 24.7 Å². The normalized spacial score (nSPS) is 15.0. The third-order valence-corrected chi connectivity index (χ3v) is 4.66. The topological polar surface area (TPSA) is 80.0 Å². The molecule has 2 N–H and O–H groups in total. The number of carbonyl (C=O) groups is 1. The van der Waals surface area contributed by atoms with E-state index in [9.17, 15) is 13.6 Å². The van der Waals surface area contributed by atoms with Crippen molar-refractivity contribution in [1.82, 2.24) is 0 Å². The number of halogens is 2. The lowest BCUT2D eigenvalue weighted by Gasteiger charge is -2.22. The van der Waals surface area contributed by atoms with Crippen LogP contribution in [0.25, 0.3) is 0 Å². The molecule has 8 heteroatoms. The van der Waals surface area contributed by atoms with Gasteiger partial charge in [0, 0.05) is 25.7 Å². The summed E-state index contributed by atoms with van der Waals surface area (Å²) in [4.78, 5) is 11.4. The lowest BCUT2D eigenvalue weighted by atomic mass is 10.1. The van der Waals surface area contributed by atoms with Gasteiger partial charge in [-0.2, -0.15) is 0 Å².